The highest BCUT2D eigenvalue weighted by atomic mass is 32.1. The second-order valence-corrected chi connectivity index (χ2v) is 10.2. The Morgan fingerprint density at radius 3 is 2.91 bits per heavy atom. The van der Waals surface area contributed by atoms with Crippen LogP contribution < -0.4 is 10.5 Å². The van der Waals surface area contributed by atoms with Gasteiger partial charge in [-0.05, 0) is 37.0 Å². The molecule has 1 saturated heterocycles. The summed E-state index contributed by atoms with van der Waals surface area (Å²) in [5.74, 6) is 0.223. The van der Waals surface area contributed by atoms with Gasteiger partial charge in [-0.2, -0.15) is 0 Å². The molecule has 6 rings (SSSR count). The number of anilines is 1. The van der Waals surface area contributed by atoms with Crippen molar-refractivity contribution in [3.63, 3.8) is 0 Å². The van der Waals surface area contributed by atoms with Crippen molar-refractivity contribution in [3.05, 3.63) is 41.2 Å². The zero-order valence-electron chi connectivity index (χ0n) is 18.2. The predicted molar refractivity (Wildman–Crippen MR) is 129 cm³/mol. The van der Waals surface area contributed by atoms with Crippen LogP contribution in [0, 0.1) is 5.92 Å². The van der Waals surface area contributed by atoms with Gasteiger partial charge in [0.25, 0.3) is 5.56 Å². The van der Waals surface area contributed by atoms with Crippen molar-refractivity contribution in [3.8, 4) is 10.4 Å². The molecule has 0 spiro atoms. The lowest BCUT2D eigenvalue weighted by Gasteiger charge is -2.27. The van der Waals surface area contributed by atoms with E-state index >= 15 is 0 Å². The van der Waals surface area contributed by atoms with E-state index in [0.29, 0.717) is 17.3 Å². The zero-order chi connectivity index (χ0) is 22.5. The number of hydrogen-bond donors (Lipinski definition) is 2. The third-order valence-corrected chi connectivity index (χ3v) is 8.44. The van der Waals surface area contributed by atoms with E-state index in [9.17, 15) is 14.3 Å². The molecule has 2 aliphatic rings. The molecular formula is C24H26FN5O2S. The van der Waals surface area contributed by atoms with Crippen molar-refractivity contribution in [2.75, 3.05) is 24.6 Å². The van der Waals surface area contributed by atoms with Crippen LogP contribution >= 0.6 is 11.3 Å². The van der Waals surface area contributed by atoms with Crippen LogP contribution in [-0.4, -0.2) is 50.5 Å². The lowest BCUT2D eigenvalue weighted by atomic mass is 9.93. The van der Waals surface area contributed by atoms with Gasteiger partial charge in [-0.25, -0.2) is 14.4 Å². The minimum Gasteiger partial charge on any atom is -0.396 e. The van der Waals surface area contributed by atoms with Crippen LogP contribution in [0.5, 0.6) is 0 Å². The maximum atomic E-state index is 14.6. The number of imidazole rings is 1. The molecule has 4 heterocycles. The Hall–Kier alpha value is -2.78. The summed E-state index contributed by atoms with van der Waals surface area (Å²) in [6, 6.07) is 5.89. The van der Waals surface area contributed by atoms with Gasteiger partial charge in [0.15, 0.2) is 0 Å². The first-order chi connectivity index (χ1) is 16.1. The van der Waals surface area contributed by atoms with Crippen LogP contribution in [0.3, 0.4) is 0 Å². The van der Waals surface area contributed by atoms with E-state index in [4.69, 9.17) is 0 Å². The van der Waals surface area contributed by atoms with E-state index in [0.717, 1.165) is 65.2 Å². The number of halogens is 1. The van der Waals surface area contributed by atoms with Crippen molar-refractivity contribution >= 4 is 38.3 Å². The number of thiophene rings is 1. The molecule has 3 atom stereocenters. The lowest BCUT2D eigenvalue weighted by molar-refractivity contribution is 0.173. The topological polar surface area (TPSA) is 87.0 Å². The number of rotatable bonds is 4. The second-order valence-electron chi connectivity index (χ2n) is 9.20. The van der Waals surface area contributed by atoms with Gasteiger partial charge in [0.1, 0.15) is 16.6 Å². The Kier molecular flexibility index (Phi) is 5.18. The average Bonchev–Trinajstić information content (AvgIpc) is 3.56. The molecule has 0 amide bonds. The maximum Gasteiger partial charge on any atom is 0.261 e. The van der Waals surface area contributed by atoms with Crippen LogP contribution in [0.15, 0.2) is 35.6 Å². The van der Waals surface area contributed by atoms with E-state index in [-0.39, 0.29) is 24.1 Å². The minimum atomic E-state index is -0.834. The second kappa shape index (κ2) is 8.22. The van der Waals surface area contributed by atoms with Crippen molar-refractivity contribution in [2.24, 2.45) is 5.92 Å². The Morgan fingerprint density at radius 1 is 1.21 bits per heavy atom. The monoisotopic (exact) mass is 467 g/mol. The molecule has 7 nitrogen and oxygen atoms in total. The summed E-state index contributed by atoms with van der Waals surface area (Å²) in [5, 5.41) is 11.1. The van der Waals surface area contributed by atoms with Gasteiger partial charge < -0.3 is 19.6 Å². The Labute approximate surface area is 193 Å². The summed E-state index contributed by atoms with van der Waals surface area (Å²) in [4.78, 5) is 27.7. The highest BCUT2D eigenvalue weighted by Gasteiger charge is 2.29. The lowest BCUT2D eigenvalue weighted by Crippen LogP contribution is -2.23. The molecule has 0 radical (unpaired) electrons. The number of aliphatic hydroxyl groups is 1. The number of aromatic nitrogens is 4. The van der Waals surface area contributed by atoms with Crippen molar-refractivity contribution in [1.82, 2.24) is 19.5 Å². The molecule has 0 bridgehead atoms. The van der Waals surface area contributed by atoms with Crippen LogP contribution in [-0.2, 0) is 0 Å². The van der Waals surface area contributed by atoms with Crippen molar-refractivity contribution in [2.45, 2.75) is 44.3 Å². The molecule has 2 fully saturated rings. The Morgan fingerprint density at radius 2 is 2.09 bits per heavy atom. The molecule has 33 heavy (non-hydrogen) atoms. The summed E-state index contributed by atoms with van der Waals surface area (Å²) < 4.78 is 16.6. The summed E-state index contributed by atoms with van der Waals surface area (Å²) >= 11 is 1.56. The number of H-pyrrole nitrogens is 1. The molecule has 1 aliphatic heterocycles. The van der Waals surface area contributed by atoms with Crippen LogP contribution in [0.2, 0.25) is 0 Å². The minimum absolute atomic E-state index is 0.151. The zero-order valence-corrected chi connectivity index (χ0v) is 19.0. The quantitative estimate of drug-likeness (QED) is 0.468. The van der Waals surface area contributed by atoms with Gasteiger partial charge >= 0.3 is 0 Å². The van der Waals surface area contributed by atoms with E-state index in [1.54, 1.807) is 17.7 Å². The van der Waals surface area contributed by atoms with Gasteiger partial charge in [0, 0.05) is 25.6 Å². The van der Waals surface area contributed by atoms with Gasteiger partial charge in [-0.15, -0.1) is 11.3 Å². The number of aromatic amines is 1. The highest BCUT2D eigenvalue weighted by molar-refractivity contribution is 7.21. The third-order valence-electron chi connectivity index (χ3n) is 7.15. The molecule has 1 saturated carbocycles. The summed E-state index contributed by atoms with van der Waals surface area (Å²) in [6.45, 7) is 1.69. The number of benzene rings is 1. The predicted octanol–water partition coefficient (Wildman–Crippen LogP) is 4.27. The smallest absolute Gasteiger partial charge is 0.261 e. The molecule has 3 aromatic heterocycles. The molecular weight excluding hydrogens is 441 g/mol. The molecule has 1 aromatic carbocycles. The standard InChI is InChI=1S/C24H26FN5O2S/c25-16-3-1-2-4-18(16)30-13-28-17-9-15(5-6-19(17)30)22-21-20(23(32)27-12-26-21)24(33-22)29-8-7-14(10-29)11-31/h5-6,9,12-14,16,18,31H,1-4,7-8,10-11H2,(H,26,27,32)/t14-,16+,18+/m0/s1. The maximum absolute atomic E-state index is 14.6. The van der Waals surface area contributed by atoms with Crippen molar-refractivity contribution in [1.29, 1.82) is 0 Å². The summed E-state index contributed by atoms with van der Waals surface area (Å²) in [7, 11) is 0. The van der Waals surface area contributed by atoms with Gasteiger partial charge in [-0.1, -0.05) is 18.9 Å². The molecule has 172 valence electrons. The third kappa shape index (κ3) is 3.45. The largest absolute Gasteiger partial charge is 0.396 e. The SMILES string of the molecule is O=c1[nH]cnc2c(-c3ccc4c(c3)ncn4[C@@H]3CCCC[C@H]3F)sc(N3CC[C@H](CO)C3)c12. The van der Waals surface area contributed by atoms with Gasteiger partial charge in [0.2, 0.25) is 0 Å². The molecule has 4 aromatic rings. The van der Waals surface area contributed by atoms with Crippen LogP contribution in [0.1, 0.15) is 38.1 Å². The number of hydrogen-bond acceptors (Lipinski definition) is 6. The molecule has 0 unspecified atom stereocenters. The fourth-order valence-electron chi connectivity index (χ4n) is 5.37. The van der Waals surface area contributed by atoms with E-state index in [2.05, 4.69) is 19.9 Å². The van der Waals surface area contributed by atoms with Gasteiger partial charge in [-0.3, -0.25) is 4.79 Å². The van der Waals surface area contributed by atoms with Gasteiger partial charge in [0.05, 0.1) is 40.1 Å². The number of nitrogens with one attached hydrogen (secondary N) is 1. The first-order valence-electron chi connectivity index (χ1n) is 11.6. The van der Waals surface area contributed by atoms with E-state index in [1.165, 1.54) is 6.33 Å². The normalized spacial score (nSPS) is 23.7. The van der Waals surface area contributed by atoms with E-state index < -0.39 is 6.17 Å². The number of fused-ring (bicyclic) bond motifs is 2. The Balaban J connectivity index is 1.44. The molecule has 2 N–H and O–H groups in total. The molecule has 1 aliphatic carbocycles. The van der Waals surface area contributed by atoms with Crippen LogP contribution in [0.25, 0.3) is 32.4 Å². The average molecular weight is 468 g/mol. The number of alkyl halides is 1. The fraction of sp³-hybridized carbons (Fsp3) is 0.458. The summed E-state index contributed by atoms with van der Waals surface area (Å²) in [5.41, 5.74) is 3.23. The van der Waals surface area contributed by atoms with E-state index in [1.807, 2.05) is 22.8 Å². The fourth-order valence-corrected chi connectivity index (χ4v) is 6.64. The number of aliphatic hydroxyl groups excluding tert-OH is 1. The molecule has 9 heteroatoms. The first-order valence-corrected chi connectivity index (χ1v) is 12.4. The first kappa shape index (κ1) is 20.8. The number of nitrogens with zero attached hydrogens (tertiary/aromatic N) is 4. The highest BCUT2D eigenvalue weighted by Crippen LogP contribution is 2.43. The summed E-state index contributed by atoms with van der Waals surface area (Å²) in [6.07, 6.45) is 6.72. The van der Waals surface area contributed by atoms with Crippen molar-refractivity contribution < 1.29 is 9.50 Å². The Bertz CT molecular complexity index is 1380. The van der Waals surface area contributed by atoms with Crippen LogP contribution in [0.4, 0.5) is 9.39 Å².